The molecule has 0 radical (unpaired) electrons. The summed E-state index contributed by atoms with van der Waals surface area (Å²) in [7, 11) is 0. The van der Waals surface area contributed by atoms with E-state index >= 15 is 0 Å². The molecular formula is C31H32BrN5O3. The lowest BCUT2D eigenvalue weighted by Gasteiger charge is -2.29. The minimum absolute atomic E-state index is 0.223. The molecule has 1 aromatic heterocycles. The Morgan fingerprint density at radius 3 is 2.60 bits per heavy atom. The number of nitrogens with one attached hydrogen (secondary N) is 2. The summed E-state index contributed by atoms with van der Waals surface area (Å²) in [4.78, 5) is 18.2. The third kappa shape index (κ3) is 5.47. The third-order valence-electron chi connectivity index (χ3n) is 7.04. The van der Waals surface area contributed by atoms with Crippen molar-refractivity contribution in [3.05, 3.63) is 104 Å². The molecule has 1 atom stereocenters. The molecule has 9 heteroatoms. The number of ether oxygens (including phenoxy) is 2. The molecule has 1 amide bonds. The highest BCUT2D eigenvalue weighted by Crippen LogP contribution is 2.43. The number of amides is 1. The Labute approximate surface area is 242 Å². The van der Waals surface area contributed by atoms with Crippen LogP contribution in [-0.2, 0) is 11.4 Å². The quantitative estimate of drug-likeness (QED) is 0.229. The Bertz CT molecular complexity index is 1590. The molecule has 1 aliphatic heterocycles. The van der Waals surface area contributed by atoms with Crippen LogP contribution in [0.3, 0.4) is 0 Å². The number of benzene rings is 3. The number of carbonyl (C=O) groups is 1. The monoisotopic (exact) mass is 601 g/mol. The van der Waals surface area contributed by atoms with Gasteiger partial charge in [-0.2, -0.15) is 10.1 Å². The Morgan fingerprint density at radius 2 is 1.85 bits per heavy atom. The minimum Gasteiger partial charge on any atom is -0.490 e. The summed E-state index contributed by atoms with van der Waals surface area (Å²) in [6, 6.07) is 17.4. The summed E-state index contributed by atoms with van der Waals surface area (Å²) >= 11 is 3.71. The fourth-order valence-corrected chi connectivity index (χ4v) is 5.33. The van der Waals surface area contributed by atoms with Crippen molar-refractivity contribution in [3.63, 3.8) is 0 Å². The van der Waals surface area contributed by atoms with Gasteiger partial charge in [0, 0.05) is 11.4 Å². The van der Waals surface area contributed by atoms with Gasteiger partial charge in [-0.15, -0.1) is 0 Å². The number of nitrogens with zero attached hydrogens (tertiary/aromatic N) is 3. The van der Waals surface area contributed by atoms with E-state index in [1.165, 1.54) is 11.9 Å². The molecule has 5 rings (SSSR count). The lowest BCUT2D eigenvalue weighted by molar-refractivity contribution is -0.113. The molecule has 206 valence electrons. The van der Waals surface area contributed by atoms with Crippen LogP contribution in [0.5, 0.6) is 11.5 Å². The number of halogens is 1. The molecule has 0 fully saturated rings. The molecule has 4 aromatic rings. The van der Waals surface area contributed by atoms with Crippen molar-refractivity contribution < 1.29 is 14.3 Å². The molecule has 0 saturated carbocycles. The lowest BCUT2D eigenvalue weighted by atomic mass is 9.94. The summed E-state index contributed by atoms with van der Waals surface area (Å²) in [6.45, 7) is 10.7. The Hall–Kier alpha value is -4.11. The molecular weight excluding hydrogens is 570 g/mol. The van der Waals surface area contributed by atoms with Gasteiger partial charge in [-0.25, -0.2) is 4.68 Å². The van der Waals surface area contributed by atoms with Crippen molar-refractivity contribution in [3.8, 4) is 11.5 Å². The van der Waals surface area contributed by atoms with E-state index in [0.717, 1.165) is 27.9 Å². The van der Waals surface area contributed by atoms with E-state index in [2.05, 4.69) is 55.7 Å². The molecule has 3 aromatic carbocycles. The van der Waals surface area contributed by atoms with Gasteiger partial charge in [0.15, 0.2) is 11.5 Å². The van der Waals surface area contributed by atoms with Gasteiger partial charge in [0.05, 0.1) is 16.7 Å². The number of allylic oxidation sites excluding steroid dienone is 1. The van der Waals surface area contributed by atoms with Crippen molar-refractivity contribution in [2.24, 2.45) is 0 Å². The first kappa shape index (κ1) is 27.5. The number of rotatable bonds is 8. The van der Waals surface area contributed by atoms with E-state index in [4.69, 9.17) is 9.47 Å². The van der Waals surface area contributed by atoms with Gasteiger partial charge in [0.2, 0.25) is 5.95 Å². The fourth-order valence-electron chi connectivity index (χ4n) is 4.76. The zero-order valence-corrected chi connectivity index (χ0v) is 24.8. The molecule has 40 heavy (non-hydrogen) atoms. The maximum Gasteiger partial charge on any atom is 0.255 e. The van der Waals surface area contributed by atoms with E-state index in [1.807, 2.05) is 70.2 Å². The van der Waals surface area contributed by atoms with Crippen LogP contribution in [0.1, 0.15) is 47.7 Å². The SMILES string of the molecule is CCOc1cc(C2C(C(=O)Nc3cccc(C)c3C)=C(C)Nc3ncnn32)cc(Br)c1OCc1ccc(C)cc1. The first-order valence-corrected chi connectivity index (χ1v) is 14.0. The van der Waals surface area contributed by atoms with Crippen molar-refractivity contribution >= 4 is 33.5 Å². The van der Waals surface area contributed by atoms with Crippen LogP contribution in [0.2, 0.25) is 0 Å². The van der Waals surface area contributed by atoms with Crippen LogP contribution in [0.4, 0.5) is 11.6 Å². The van der Waals surface area contributed by atoms with Crippen LogP contribution in [0.15, 0.2) is 76.7 Å². The van der Waals surface area contributed by atoms with Gasteiger partial charge in [-0.1, -0.05) is 42.0 Å². The second-order valence-corrected chi connectivity index (χ2v) is 10.7. The smallest absolute Gasteiger partial charge is 0.255 e. The topological polar surface area (TPSA) is 90.3 Å². The zero-order chi connectivity index (χ0) is 28.4. The molecule has 1 aliphatic rings. The highest BCUT2D eigenvalue weighted by atomic mass is 79.9. The second kappa shape index (κ2) is 11.6. The number of anilines is 2. The molecule has 1 unspecified atom stereocenters. The molecule has 2 heterocycles. The van der Waals surface area contributed by atoms with Crippen LogP contribution >= 0.6 is 15.9 Å². The number of hydrogen-bond donors (Lipinski definition) is 2. The molecule has 8 nitrogen and oxygen atoms in total. The van der Waals surface area contributed by atoms with Crippen LogP contribution < -0.4 is 20.1 Å². The van der Waals surface area contributed by atoms with Gasteiger partial charge in [-0.05, 0) is 91.0 Å². The number of hydrogen-bond acceptors (Lipinski definition) is 6. The average molecular weight is 603 g/mol. The van der Waals surface area contributed by atoms with E-state index in [0.29, 0.717) is 46.4 Å². The van der Waals surface area contributed by atoms with Crippen LogP contribution in [0.25, 0.3) is 0 Å². The highest BCUT2D eigenvalue weighted by molar-refractivity contribution is 9.10. The minimum atomic E-state index is -0.550. The Morgan fingerprint density at radius 1 is 1.07 bits per heavy atom. The van der Waals surface area contributed by atoms with E-state index in [-0.39, 0.29) is 5.91 Å². The van der Waals surface area contributed by atoms with Crippen molar-refractivity contribution in [1.82, 2.24) is 14.8 Å². The van der Waals surface area contributed by atoms with Gasteiger partial charge < -0.3 is 20.1 Å². The first-order chi connectivity index (χ1) is 19.3. The summed E-state index contributed by atoms with van der Waals surface area (Å²) in [5.74, 6) is 1.50. The Kier molecular flexibility index (Phi) is 7.93. The van der Waals surface area contributed by atoms with Crippen LogP contribution in [0, 0.1) is 20.8 Å². The first-order valence-electron chi connectivity index (χ1n) is 13.2. The summed E-state index contributed by atoms with van der Waals surface area (Å²) in [5, 5.41) is 10.8. The van der Waals surface area contributed by atoms with Gasteiger partial charge >= 0.3 is 0 Å². The van der Waals surface area contributed by atoms with Gasteiger partial charge in [0.1, 0.15) is 19.0 Å². The van der Waals surface area contributed by atoms with Crippen molar-refractivity contribution in [2.45, 2.75) is 47.3 Å². The number of carbonyl (C=O) groups excluding carboxylic acids is 1. The summed E-state index contributed by atoms with van der Waals surface area (Å²) in [6.07, 6.45) is 1.48. The predicted octanol–water partition coefficient (Wildman–Crippen LogP) is 6.87. The normalized spacial score (nSPS) is 14.4. The predicted molar refractivity (Wildman–Crippen MR) is 160 cm³/mol. The van der Waals surface area contributed by atoms with Crippen molar-refractivity contribution in [1.29, 1.82) is 0 Å². The number of aryl methyl sites for hydroxylation is 2. The summed E-state index contributed by atoms with van der Waals surface area (Å²) in [5.41, 5.74) is 7.17. The van der Waals surface area contributed by atoms with Crippen LogP contribution in [-0.4, -0.2) is 27.3 Å². The number of fused-ring (bicyclic) bond motifs is 1. The average Bonchev–Trinajstić information content (AvgIpc) is 3.39. The number of aromatic nitrogens is 3. The Balaban J connectivity index is 1.53. The molecule has 0 saturated heterocycles. The standard InChI is InChI=1S/C31H32BrN5O3/c1-6-39-26-15-23(14-24(32)29(26)40-16-22-12-10-18(2)11-13-22)28-27(21(5)35-31-33-17-34-37(28)31)30(38)36-25-9-7-8-19(3)20(25)4/h7-15,17,28H,6,16H2,1-5H3,(H,36,38)(H,33,34,35). The van der Waals surface area contributed by atoms with Gasteiger partial charge in [-0.3, -0.25) is 4.79 Å². The third-order valence-corrected chi connectivity index (χ3v) is 7.63. The summed E-state index contributed by atoms with van der Waals surface area (Å²) < 4.78 is 14.7. The molecule has 0 bridgehead atoms. The van der Waals surface area contributed by atoms with E-state index in [9.17, 15) is 4.79 Å². The maximum absolute atomic E-state index is 13.9. The molecule has 0 aliphatic carbocycles. The fraction of sp³-hybridized carbons (Fsp3) is 0.258. The second-order valence-electron chi connectivity index (χ2n) is 9.83. The lowest BCUT2D eigenvalue weighted by Crippen LogP contribution is -2.31. The van der Waals surface area contributed by atoms with E-state index in [1.54, 1.807) is 4.68 Å². The van der Waals surface area contributed by atoms with E-state index < -0.39 is 6.04 Å². The molecule has 0 spiro atoms. The zero-order valence-electron chi connectivity index (χ0n) is 23.2. The van der Waals surface area contributed by atoms with Crippen molar-refractivity contribution in [2.75, 3.05) is 17.2 Å². The maximum atomic E-state index is 13.9. The molecule has 2 N–H and O–H groups in total. The highest BCUT2D eigenvalue weighted by Gasteiger charge is 2.34. The largest absolute Gasteiger partial charge is 0.490 e. The van der Waals surface area contributed by atoms with Gasteiger partial charge in [0.25, 0.3) is 5.91 Å².